The summed E-state index contributed by atoms with van der Waals surface area (Å²) in [5, 5.41) is 8.50. The van der Waals surface area contributed by atoms with E-state index in [2.05, 4.69) is 21.8 Å². The monoisotopic (exact) mass is 452 g/mol. The van der Waals surface area contributed by atoms with Crippen LogP contribution in [-0.2, 0) is 19.1 Å². The zero-order valence-electron chi connectivity index (χ0n) is 18.6. The molecule has 4 rings (SSSR count). The van der Waals surface area contributed by atoms with Gasteiger partial charge in [0, 0.05) is 17.7 Å². The van der Waals surface area contributed by atoms with E-state index in [1.807, 2.05) is 39.0 Å². The Hall–Kier alpha value is -3.68. The van der Waals surface area contributed by atoms with E-state index in [-0.39, 0.29) is 11.5 Å². The second kappa shape index (κ2) is 8.69. The summed E-state index contributed by atoms with van der Waals surface area (Å²) in [4.78, 5) is 4.47. The third-order valence-corrected chi connectivity index (χ3v) is 5.54. The number of hydrogen-bond donors (Lipinski definition) is 0. The van der Waals surface area contributed by atoms with Gasteiger partial charge in [-0.2, -0.15) is 23.3 Å². The smallest absolute Gasteiger partial charge is 0.332 e. The summed E-state index contributed by atoms with van der Waals surface area (Å²) < 4.78 is 47.6. The number of nitrogens with zero attached hydrogens (tertiary/aromatic N) is 4. The zero-order chi connectivity index (χ0) is 23.8. The number of alkyl halides is 3. The molecule has 170 valence electrons. The Labute approximate surface area is 189 Å². The molecule has 0 spiro atoms. The SMILES string of the molecule is C=CCc1c(C)cc(-c2noc(-c3cc(-c4ccccc4C(F)(F)F)n(CC)n3)n2)cc1C. The summed E-state index contributed by atoms with van der Waals surface area (Å²) in [5.41, 5.74) is 4.17. The van der Waals surface area contributed by atoms with Gasteiger partial charge in [-0.05, 0) is 68.1 Å². The second-order valence-corrected chi connectivity index (χ2v) is 7.78. The van der Waals surface area contributed by atoms with E-state index in [1.165, 1.54) is 22.4 Å². The molecule has 5 nitrogen and oxygen atoms in total. The van der Waals surface area contributed by atoms with Gasteiger partial charge < -0.3 is 4.52 Å². The van der Waals surface area contributed by atoms with Crippen molar-refractivity contribution in [1.29, 1.82) is 0 Å². The first-order valence-electron chi connectivity index (χ1n) is 10.5. The molecule has 33 heavy (non-hydrogen) atoms. The minimum atomic E-state index is -4.48. The van der Waals surface area contributed by atoms with Crippen molar-refractivity contribution in [3.63, 3.8) is 0 Å². The highest BCUT2D eigenvalue weighted by Gasteiger charge is 2.34. The Kier molecular flexibility index (Phi) is 5.93. The molecule has 2 aromatic heterocycles. The average Bonchev–Trinajstić information content (AvgIpc) is 3.42. The predicted molar refractivity (Wildman–Crippen MR) is 120 cm³/mol. The van der Waals surface area contributed by atoms with Crippen LogP contribution in [-0.4, -0.2) is 19.9 Å². The van der Waals surface area contributed by atoms with Crippen molar-refractivity contribution in [1.82, 2.24) is 19.9 Å². The Morgan fingerprint density at radius 1 is 1.09 bits per heavy atom. The zero-order valence-corrected chi connectivity index (χ0v) is 18.6. The van der Waals surface area contributed by atoms with Crippen molar-refractivity contribution < 1.29 is 17.7 Å². The van der Waals surface area contributed by atoms with Crippen molar-refractivity contribution >= 4 is 0 Å². The third kappa shape index (κ3) is 4.33. The number of benzene rings is 2. The van der Waals surface area contributed by atoms with E-state index in [0.29, 0.717) is 23.8 Å². The van der Waals surface area contributed by atoms with Crippen molar-refractivity contribution in [2.45, 2.75) is 39.9 Å². The van der Waals surface area contributed by atoms with Crippen LogP contribution in [0.3, 0.4) is 0 Å². The molecule has 0 atom stereocenters. The lowest BCUT2D eigenvalue weighted by Crippen LogP contribution is -2.09. The summed E-state index contributed by atoms with van der Waals surface area (Å²) in [6.45, 7) is 10.0. The topological polar surface area (TPSA) is 56.7 Å². The van der Waals surface area contributed by atoms with Gasteiger partial charge in [0.25, 0.3) is 5.89 Å². The summed E-state index contributed by atoms with van der Waals surface area (Å²) in [5.74, 6) is 0.540. The molecule has 0 radical (unpaired) electrons. The van der Waals surface area contributed by atoms with E-state index in [1.54, 1.807) is 12.1 Å². The summed E-state index contributed by atoms with van der Waals surface area (Å²) >= 11 is 0. The fourth-order valence-corrected chi connectivity index (χ4v) is 3.97. The maximum absolute atomic E-state index is 13.6. The fourth-order valence-electron chi connectivity index (χ4n) is 3.97. The van der Waals surface area contributed by atoms with E-state index < -0.39 is 11.7 Å². The van der Waals surface area contributed by atoms with Crippen molar-refractivity contribution in [3.8, 4) is 34.2 Å². The van der Waals surface area contributed by atoms with Gasteiger partial charge in [0.2, 0.25) is 5.82 Å². The van der Waals surface area contributed by atoms with Crippen LogP contribution in [0, 0.1) is 13.8 Å². The molecule has 2 aromatic carbocycles. The summed E-state index contributed by atoms with van der Waals surface area (Å²) in [6.07, 6.45) is -1.85. The molecular formula is C25H23F3N4O. The third-order valence-electron chi connectivity index (χ3n) is 5.54. The van der Waals surface area contributed by atoms with Crippen LogP contribution in [0.2, 0.25) is 0 Å². The van der Waals surface area contributed by atoms with Gasteiger partial charge in [-0.25, -0.2) is 0 Å². The molecule has 4 aromatic rings. The predicted octanol–water partition coefficient (Wildman–Crippen LogP) is 6.65. The molecule has 8 heteroatoms. The maximum atomic E-state index is 13.6. The van der Waals surface area contributed by atoms with Crippen LogP contribution in [0.15, 0.2) is 59.6 Å². The number of aryl methyl sites for hydroxylation is 3. The van der Waals surface area contributed by atoms with Crippen LogP contribution in [0.5, 0.6) is 0 Å². The molecule has 0 bridgehead atoms. The first kappa shape index (κ1) is 22.5. The van der Waals surface area contributed by atoms with Gasteiger partial charge in [0.05, 0.1) is 11.3 Å². The molecule has 0 N–H and O–H groups in total. The number of hydrogen-bond acceptors (Lipinski definition) is 4. The van der Waals surface area contributed by atoms with Crippen molar-refractivity contribution in [3.05, 3.63) is 77.4 Å². The molecule has 0 fully saturated rings. The van der Waals surface area contributed by atoms with Gasteiger partial charge in [-0.15, -0.1) is 6.58 Å². The van der Waals surface area contributed by atoms with Gasteiger partial charge in [0.1, 0.15) is 0 Å². The first-order valence-corrected chi connectivity index (χ1v) is 10.5. The van der Waals surface area contributed by atoms with Crippen LogP contribution >= 0.6 is 0 Å². The lowest BCUT2D eigenvalue weighted by molar-refractivity contribution is -0.137. The van der Waals surface area contributed by atoms with Crippen molar-refractivity contribution in [2.24, 2.45) is 0 Å². The number of allylic oxidation sites excluding steroid dienone is 1. The minimum absolute atomic E-state index is 0.0504. The van der Waals surface area contributed by atoms with E-state index in [4.69, 9.17) is 4.52 Å². The number of rotatable bonds is 6. The maximum Gasteiger partial charge on any atom is 0.417 e. The Morgan fingerprint density at radius 3 is 2.42 bits per heavy atom. The largest absolute Gasteiger partial charge is 0.417 e. The van der Waals surface area contributed by atoms with E-state index >= 15 is 0 Å². The molecular weight excluding hydrogens is 429 g/mol. The van der Waals surface area contributed by atoms with E-state index in [0.717, 1.165) is 29.2 Å². The number of aromatic nitrogens is 4. The Bertz CT molecular complexity index is 1290. The average molecular weight is 452 g/mol. The highest BCUT2D eigenvalue weighted by molar-refractivity contribution is 5.69. The van der Waals surface area contributed by atoms with Gasteiger partial charge in [-0.3, -0.25) is 4.68 Å². The minimum Gasteiger partial charge on any atom is -0.332 e. The first-order chi connectivity index (χ1) is 15.7. The second-order valence-electron chi connectivity index (χ2n) is 7.78. The summed E-state index contributed by atoms with van der Waals surface area (Å²) in [7, 11) is 0. The quantitative estimate of drug-likeness (QED) is 0.307. The Morgan fingerprint density at radius 2 is 1.79 bits per heavy atom. The van der Waals surface area contributed by atoms with Crippen LogP contribution in [0.25, 0.3) is 34.2 Å². The van der Waals surface area contributed by atoms with Crippen LogP contribution in [0.1, 0.15) is 29.2 Å². The van der Waals surface area contributed by atoms with E-state index in [9.17, 15) is 13.2 Å². The molecule has 0 saturated carbocycles. The molecule has 0 unspecified atom stereocenters. The highest BCUT2D eigenvalue weighted by Crippen LogP contribution is 2.38. The summed E-state index contributed by atoms with van der Waals surface area (Å²) in [6, 6.07) is 11.0. The van der Waals surface area contributed by atoms with Gasteiger partial charge in [-0.1, -0.05) is 29.4 Å². The number of halogens is 3. The molecule has 0 aliphatic heterocycles. The molecule has 2 heterocycles. The highest BCUT2D eigenvalue weighted by atomic mass is 19.4. The van der Waals surface area contributed by atoms with Crippen molar-refractivity contribution in [2.75, 3.05) is 0 Å². The van der Waals surface area contributed by atoms with Crippen LogP contribution < -0.4 is 0 Å². The molecule has 0 saturated heterocycles. The Balaban J connectivity index is 1.74. The standard InChI is InChI=1S/C25H23F3N4O/c1-5-9-18-15(3)12-17(13-16(18)4)23-29-24(33-31-23)21-14-22(32(6-2)30-21)19-10-7-8-11-20(19)25(26,27)28/h5,7-8,10-14H,1,6,9H2,2-4H3. The lowest BCUT2D eigenvalue weighted by Gasteiger charge is -2.13. The normalized spacial score (nSPS) is 11.7. The molecule has 0 aliphatic rings. The fraction of sp³-hybridized carbons (Fsp3) is 0.240. The lowest BCUT2D eigenvalue weighted by atomic mass is 9.97. The van der Waals surface area contributed by atoms with Gasteiger partial charge >= 0.3 is 6.18 Å². The van der Waals surface area contributed by atoms with Crippen LogP contribution in [0.4, 0.5) is 13.2 Å². The molecule has 0 aliphatic carbocycles. The van der Waals surface area contributed by atoms with Gasteiger partial charge in [0.15, 0.2) is 5.69 Å². The molecule has 0 amide bonds.